The number of methoxy groups -OCH3 is 1. The van der Waals surface area contributed by atoms with Gasteiger partial charge in [-0.05, 0) is 61.4 Å². The van der Waals surface area contributed by atoms with Crippen molar-refractivity contribution in [2.45, 2.75) is 32.8 Å². The van der Waals surface area contributed by atoms with Gasteiger partial charge in [-0.25, -0.2) is 0 Å². The van der Waals surface area contributed by atoms with E-state index in [0.717, 1.165) is 29.7 Å². The molecular weight excluding hydrogens is 428 g/mol. The number of likely N-dealkylation sites (tertiary alicyclic amines) is 1. The lowest BCUT2D eigenvalue weighted by Crippen LogP contribution is -2.42. The van der Waals surface area contributed by atoms with Gasteiger partial charge in [0.25, 0.3) is 11.8 Å². The maximum Gasteiger partial charge on any atom is 0.255 e. The van der Waals surface area contributed by atoms with Crippen molar-refractivity contribution in [2.24, 2.45) is 0 Å². The standard InChI is InChI=1S/C28H30N2O4/c1-19-7-6-8-20(2)26(19)34-23-15-17-30(18-16-23)28(32)24-9-4-5-10-25(24)29-27(31)21-11-13-22(33-3)14-12-21/h4-14,23H,15-18H2,1-3H3,(H,29,31). The molecule has 3 aromatic rings. The summed E-state index contributed by atoms with van der Waals surface area (Å²) in [6, 6.07) is 20.1. The van der Waals surface area contributed by atoms with E-state index in [1.807, 2.05) is 23.1 Å². The van der Waals surface area contributed by atoms with Crippen LogP contribution in [0.4, 0.5) is 5.69 Å². The lowest BCUT2D eigenvalue weighted by molar-refractivity contribution is 0.0594. The van der Waals surface area contributed by atoms with Crippen LogP contribution in [-0.4, -0.2) is 43.0 Å². The highest BCUT2D eigenvalue weighted by Gasteiger charge is 2.27. The van der Waals surface area contributed by atoms with E-state index in [2.05, 4.69) is 31.3 Å². The minimum Gasteiger partial charge on any atom is -0.497 e. The molecule has 1 aliphatic heterocycles. The zero-order valence-corrected chi connectivity index (χ0v) is 19.8. The van der Waals surface area contributed by atoms with Crippen LogP contribution in [0.25, 0.3) is 0 Å². The number of carbonyl (C=O) groups is 2. The summed E-state index contributed by atoms with van der Waals surface area (Å²) in [5, 5.41) is 2.89. The van der Waals surface area contributed by atoms with Gasteiger partial charge in [-0.3, -0.25) is 9.59 Å². The van der Waals surface area contributed by atoms with E-state index in [-0.39, 0.29) is 17.9 Å². The van der Waals surface area contributed by atoms with E-state index in [4.69, 9.17) is 9.47 Å². The van der Waals surface area contributed by atoms with E-state index < -0.39 is 0 Å². The van der Waals surface area contributed by atoms with Crippen molar-refractivity contribution in [1.82, 2.24) is 4.90 Å². The number of hydrogen-bond donors (Lipinski definition) is 1. The predicted molar refractivity (Wildman–Crippen MR) is 133 cm³/mol. The Bertz CT molecular complexity index is 1150. The van der Waals surface area contributed by atoms with Crippen LogP contribution < -0.4 is 14.8 Å². The lowest BCUT2D eigenvalue weighted by atomic mass is 10.0. The number of amides is 2. The summed E-state index contributed by atoms with van der Waals surface area (Å²) in [6.07, 6.45) is 1.61. The first kappa shape index (κ1) is 23.4. The molecule has 1 heterocycles. The average molecular weight is 459 g/mol. The minimum atomic E-state index is -0.274. The van der Waals surface area contributed by atoms with Crippen LogP contribution in [0.3, 0.4) is 0 Å². The molecule has 6 heteroatoms. The predicted octanol–water partition coefficient (Wildman–Crippen LogP) is 5.25. The molecule has 0 aliphatic carbocycles. The van der Waals surface area contributed by atoms with E-state index in [9.17, 15) is 9.59 Å². The molecule has 2 amide bonds. The number of anilines is 1. The fourth-order valence-electron chi connectivity index (χ4n) is 4.21. The van der Waals surface area contributed by atoms with Crippen LogP contribution in [0.5, 0.6) is 11.5 Å². The van der Waals surface area contributed by atoms with Crippen molar-refractivity contribution in [3.05, 3.63) is 89.0 Å². The fraction of sp³-hybridized carbons (Fsp3) is 0.286. The van der Waals surface area contributed by atoms with E-state index in [1.165, 1.54) is 0 Å². The number of rotatable bonds is 6. The molecule has 1 saturated heterocycles. The summed E-state index contributed by atoms with van der Waals surface area (Å²) in [6.45, 7) is 5.32. The van der Waals surface area contributed by atoms with Crippen molar-refractivity contribution >= 4 is 17.5 Å². The molecule has 1 N–H and O–H groups in total. The Morgan fingerprint density at radius 1 is 0.882 bits per heavy atom. The highest BCUT2D eigenvalue weighted by Crippen LogP contribution is 2.27. The van der Waals surface area contributed by atoms with E-state index in [1.54, 1.807) is 43.5 Å². The zero-order chi connectivity index (χ0) is 24.1. The molecule has 0 aromatic heterocycles. The molecule has 176 valence electrons. The van der Waals surface area contributed by atoms with Crippen LogP contribution in [0.15, 0.2) is 66.7 Å². The summed E-state index contributed by atoms with van der Waals surface area (Å²) in [4.78, 5) is 27.9. The van der Waals surface area contributed by atoms with Crippen molar-refractivity contribution in [1.29, 1.82) is 0 Å². The van der Waals surface area contributed by atoms with Gasteiger partial charge in [0.1, 0.15) is 17.6 Å². The number of aryl methyl sites for hydroxylation is 2. The van der Waals surface area contributed by atoms with Crippen molar-refractivity contribution in [3.63, 3.8) is 0 Å². The molecule has 1 aliphatic rings. The fourth-order valence-corrected chi connectivity index (χ4v) is 4.21. The zero-order valence-electron chi connectivity index (χ0n) is 19.8. The summed E-state index contributed by atoms with van der Waals surface area (Å²) >= 11 is 0. The van der Waals surface area contributed by atoms with Gasteiger partial charge in [0.2, 0.25) is 0 Å². The number of nitrogens with zero attached hydrogens (tertiary/aromatic N) is 1. The summed E-state index contributed by atoms with van der Waals surface area (Å²) in [7, 11) is 1.58. The van der Waals surface area contributed by atoms with Crippen LogP contribution in [0.2, 0.25) is 0 Å². The highest BCUT2D eigenvalue weighted by molar-refractivity contribution is 6.09. The molecule has 0 atom stereocenters. The molecule has 0 unspecified atom stereocenters. The topological polar surface area (TPSA) is 67.9 Å². The number of ether oxygens (including phenoxy) is 2. The molecule has 0 spiro atoms. The molecule has 4 rings (SSSR count). The summed E-state index contributed by atoms with van der Waals surface area (Å²) in [5.41, 5.74) is 3.73. The third-order valence-electron chi connectivity index (χ3n) is 6.18. The second-order valence-electron chi connectivity index (χ2n) is 8.56. The smallest absolute Gasteiger partial charge is 0.255 e. The first-order chi connectivity index (χ1) is 16.5. The first-order valence-corrected chi connectivity index (χ1v) is 11.5. The second kappa shape index (κ2) is 10.4. The Balaban J connectivity index is 1.40. The molecule has 34 heavy (non-hydrogen) atoms. The number of hydrogen-bond acceptors (Lipinski definition) is 4. The first-order valence-electron chi connectivity index (χ1n) is 11.5. The Morgan fingerprint density at radius 3 is 2.18 bits per heavy atom. The maximum absolute atomic E-state index is 13.3. The third-order valence-corrected chi connectivity index (χ3v) is 6.18. The van der Waals surface area contributed by atoms with Crippen LogP contribution in [0, 0.1) is 13.8 Å². The number of benzene rings is 3. The average Bonchev–Trinajstić information content (AvgIpc) is 2.86. The van der Waals surface area contributed by atoms with Crippen LogP contribution in [-0.2, 0) is 0 Å². The van der Waals surface area contributed by atoms with Gasteiger partial charge in [0, 0.05) is 31.5 Å². The monoisotopic (exact) mass is 458 g/mol. The van der Waals surface area contributed by atoms with Gasteiger partial charge in [0.05, 0.1) is 18.4 Å². The van der Waals surface area contributed by atoms with Crippen LogP contribution >= 0.6 is 0 Å². The van der Waals surface area contributed by atoms with Gasteiger partial charge >= 0.3 is 0 Å². The lowest BCUT2D eigenvalue weighted by Gasteiger charge is -2.33. The quantitative estimate of drug-likeness (QED) is 0.548. The van der Waals surface area contributed by atoms with Gasteiger partial charge in [0.15, 0.2) is 0 Å². The van der Waals surface area contributed by atoms with E-state index in [0.29, 0.717) is 35.7 Å². The minimum absolute atomic E-state index is 0.0777. The number of nitrogens with one attached hydrogen (secondary N) is 1. The normalized spacial score (nSPS) is 13.9. The Kier molecular flexibility index (Phi) is 7.16. The van der Waals surface area contributed by atoms with Crippen molar-refractivity contribution < 1.29 is 19.1 Å². The number of carbonyl (C=O) groups excluding carboxylic acids is 2. The molecule has 0 bridgehead atoms. The Morgan fingerprint density at radius 2 is 1.53 bits per heavy atom. The Labute approximate surface area is 200 Å². The summed E-state index contributed by atoms with van der Waals surface area (Å²) in [5.74, 6) is 1.26. The van der Waals surface area contributed by atoms with Gasteiger partial charge in [-0.2, -0.15) is 0 Å². The SMILES string of the molecule is COc1ccc(C(=O)Nc2ccccc2C(=O)N2CCC(Oc3c(C)cccc3C)CC2)cc1. The molecule has 0 radical (unpaired) electrons. The largest absolute Gasteiger partial charge is 0.497 e. The second-order valence-corrected chi connectivity index (χ2v) is 8.56. The highest BCUT2D eigenvalue weighted by atomic mass is 16.5. The number of para-hydroxylation sites is 2. The van der Waals surface area contributed by atoms with Gasteiger partial charge in [-0.1, -0.05) is 30.3 Å². The molecule has 3 aromatic carbocycles. The maximum atomic E-state index is 13.3. The molecule has 6 nitrogen and oxygen atoms in total. The van der Waals surface area contributed by atoms with Crippen LogP contribution in [0.1, 0.15) is 44.7 Å². The molecular formula is C28H30N2O4. The Hall–Kier alpha value is -3.80. The van der Waals surface area contributed by atoms with Gasteiger partial charge < -0.3 is 19.7 Å². The third kappa shape index (κ3) is 5.22. The summed E-state index contributed by atoms with van der Waals surface area (Å²) < 4.78 is 11.4. The molecule has 0 saturated carbocycles. The van der Waals surface area contributed by atoms with Gasteiger partial charge in [-0.15, -0.1) is 0 Å². The van der Waals surface area contributed by atoms with Crippen molar-refractivity contribution in [3.8, 4) is 11.5 Å². The number of piperidine rings is 1. The van der Waals surface area contributed by atoms with Crippen molar-refractivity contribution in [2.75, 3.05) is 25.5 Å². The molecule has 1 fully saturated rings. The van der Waals surface area contributed by atoms with E-state index >= 15 is 0 Å².